The van der Waals surface area contributed by atoms with Gasteiger partial charge in [-0.2, -0.15) is 4.98 Å². The van der Waals surface area contributed by atoms with E-state index >= 15 is 0 Å². The van der Waals surface area contributed by atoms with E-state index in [9.17, 15) is 19.6 Å². The van der Waals surface area contributed by atoms with Crippen molar-refractivity contribution in [2.75, 3.05) is 31.0 Å². The van der Waals surface area contributed by atoms with Crippen LogP contribution in [0, 0.1) is 0 Å². The Kier molecular flexibility index (Phi) is 9.24. The normalized spacial score (nSPS) is 22.5. The van der Waals surface area contributed by atoms with Crippen molar-refractivity contribution in [3.05, 3.63) is 35.4 Å². The van der Waals surface area contributed by atoms with E-state index in [1.54, 1.807) is 0 Å². The predicted molar refractivity (Wildman–Crippen MR) is 125 cm³/mol. The van der Waals surface area contributed by atoms with E-state index in [4.69, 9.17) is 40.9 Å². The molecule has 5 atom stereocenters. The largest absolute Gasteiger partial charge is 0.394 e. The summed E-state index contributed by atoms with van der Waals surface area (Å²) in [6, 6.07) is 1.39. The minimum Gasteiger partial charge on any atom is -0.394 e. The molecule has 18 nitrogen and oxygen atoms in total. The first kappa shape index (κ1) is 28.5. The first-order chi connectivity index (χ1) is 17.4. The van der Waals surface area contributed by atoms with Gasteiger partial charge < -0.3 is 51.2 Å². The fraction of sp³-hybridized carbons (Fsp3) is 0.500. The maximum Gasteiger partial charge on any atom is 0.350 e. The average molecular weight is 546 g/mol. The third-order valence-corrected chi connectivity index (χ3v) is 5.64. The SMILES string of the molecule is Nc1ccn(C[C@@H](CO)OCP(=O)(O)O)c(=O)n1.Nc1ncnc2c1ncn2[C@@H]1O[C@H](CO)[C@@H](O)[C@H]1O. The summed E-state index contributed by atoms with van der Waals surface area (Å²) < 4.78 is 23.4. The van der Waals surface area contributed by atoms with E-state index < -0.39 is 63.5 Å². The number of ether oxygens (including phenoxy) is 2. The van der Waals surface area contributed by atoms with Crippen LogP contribution in [0.25, 0.3) is 11.2 Å². The van der Waals surface area contributed by atoms with E-state index in [0.717, 1.165) is 4.57 Å². The maximum absolute atomic E-state index is 11.4. The van der Waals surface area contributed by atoms with Gasteiger partial charge in [0.25, 0.3) is 0 Å². The summed E-state index contributed by atoms with van der Waals surface area (Å²) in [5.41, 5.74) is 11.1. The molecule has 37 heavy (non-hydrogen) atoms. The molecule has 1 aliphatic rings. The summed E-state index contributed by atoms with van der Waals surface area (Å²) >= 11 is 0. The topological polar surface area (TPSA) is 287 Å². The van der Waals surface area contributed by atoms with Crippen molar-refractivity contribution in [1.82, 2.24) is 29.1 Å². The highest BCUT2D eigenvalue weighted by molar-refractivity contribution is 7.51. The monoisotopic (exact) mass is 546 g/mol. The van der Waals surface area contributed by atoms with Crippen molar-refractivity contribution in [3.63, 3.8) is 0 Å². The molecule has 0 spiro atoms. The predicted octanol–water partition coefficient (Wildman–Crippen LogP) is -3.64. The molecule has 0 saturated carbocycles. The Morgan fingerprint density at radius 1 is 1.16 bits per heavy atom. The highest BCUT2D eigenvalue weighted by Crippen LogP contribution is 2.34. The number of aromatic nitrogens is 6. The molecule has 19 heteroatoms. The van der Waals surface area contributed by atoms with Crippen molar-refractivity contribution in [2.45, 2.75) is 37.2 Å². The minimum absolute atomic E-state index is 0.0629. The zero-order valence-corrected chi connectivity index (χ0v) is 20.0. The molecular weight excluding hydrogens is 519 g/mol. The Hall–Kier alpha value is -3.06. The first-order valence-electron chi connectivity index (χ1n) is 10.6. The molecule has 0 radical (unpaired) electrons. The second-order valence-corrected chi connectivity index (χ2v) is 9.45. The number of nitrogens with two attached hydrogens (primary N) is 2. The van der Waals surface area contributed by atoms with Gasteiger partial charge in [-0.15, -0.1) is 0 Å². The molecule has 1 fully saturated rings. The molecule has 0 bridgehead atoms. The quantitative estimate of drug-likeness (QED) is 0.126. The van der Waals surface area contributed by atoms with Gasteiger partial charge >= 0.3 is 13.3 Å². The fourth-order valence-corrected chi connectivity index (χ4v) is 3.74. The molecular formula is C18H27N8O10P. The minimum atomic E-state index is -4.31. The lowest BCUT2D eigenvalue weighted by Gasteiger charge is -2.16. The summed E-state index contributed by atoms with van der Waals surface area (Å²) in [5, 5.41) is 37.7. The maximum atomic E-state index is 11.4. The molecule has 3 aromatic heterocycles. The van der Waals surface area contributed by atoms with Gasteiger partial charge in [0.2, 0.25) is 0 Å². The number of imidazole rings is 1. The lowest BCUT2D eigenvalue weighted by atomic mass is 10.1. The van der Waals surface area contributed by atoms with Gasteiger partial charge in [-0.25, -0.2) is 19.7 Å². The van der Waals surface area contributed by atoms with E-state index in [1.165, 1.54) is 29.5 Å². The zero-order valence-electron chi connectivity index (χ0n) is 19.1. The van der Waals surface area contributed by atoms with E-state index in [1.807, 2.05) is 0 Å². The summed E-state index contributed by atoms with van der Waals surface area (Å²) in [6.07, 6.45) is -1.81. The summed E-state index contributed by atoms with van der Waals surface area (Å²) in [5.74, 6) is 0.281. The zero-order chi connectivity index (χ0) is 27.3. The third-order valence-electron chi connectivity index (χ3n) is 5.16. The van der Waals surface area contributed by atoms with Gasteiger partial charge in [0.15, 0.2) is 17.7 Å². The molecule has 1 saturated heterocycles. The number of rotatable bonds is 8. The van der Waals surface area contributed by atoms with Crippen molar-refractivity contribution in [1.29, 1.82) is 0 Å². The van der Waals surface area contributed by atoms with Gasteiger partial charge in [-0.3, -0.25) is 13.7 Å². The molecule has 3 aromatic rings. The smallest absolute Gasteiger partial charge is 0.350 e. The lowest BCUT2D eigenvalue weighted by molar-refractivity contribution is -0.0511. The van der Waals surface area contributed by atoms with Gasteiger partial charge in [0.1, 0.15) is 42.3 Å². The summed E-state index contributed by atoms with van der Waals surface area (Å²) in [4.78, 5) is 44.0. The standard InChI is InChI=1S/C10H13N5O4.C8H14N3O6P/c11-8-5-9(13-2-12-8)15(3-14-5)10-7(18)6(17)4(1-16)19-10;9-7-1-2-11(8(13)10-7)3-6(4-12)17-5-18(14,15)16/h2-4,6-7,10,16-18H,1H2,(H2,11,12,13);1-2,6,12H,3-5H2,(H2,9,10,13)(H2,14,15,16)/t4-,6-,7-,10-;6-/m10/s1. The van der Waals surface area contributed by atoms with Crippen LogP contribution in [0.2, 0.25) is 0 Å². The van der Waals surface area contributed by atoms with E-state index in [0.29, 0.717) is 11.2 Å². The number of aliphatic hydroxyl groups is 4. The van der Waals surface area contributed by atoms with Gasteiger partial charge in [0.05, 0.1) is 32.2 Å². The number of hydrogen-bond donors (Lipinski definition) is 8. The van der Waals surface area contributed by atoms with Gasteiger partial charge in [-0.05, 0) is 6.07 Å². The fourth-order valence-electron chi connectivity index (χ4n) is 3.33. The van der Waals surface area contributed by atoms with Crippen LogP contribution in [-0.4, -0.2) is 103 Å². The number of fused-ring (bicyclic) bond motifs is 1. The van der Waals surface area contributed by atoms with Gasteiger partial charge in [0, 0.05) is 6.20 Å². The lowest BCUT2D eigenvalue weighted by Crippen LogP contribution is -2.33. The van der Waals surface area contributed by atoms with Crippen molar-refractivity contribution < 1.29 is 44.3 Å². The van der Waals surface area contributed by atoms with Crippen LogP contribution in [0.4, 0.5) is 11.6 Å². The summed E-state index contributed by atoms with van der Waals surface area (Å²) in [7, 11) is -4.31. The molecule has 204 valence electrons. The Balaban J connectivity index is 0.000000206. The molecule has 0 amide bonds. The van der Waals surface area contributed by atoms with Crippen molar-refractivity contribution in [2.24, 2.45) is 0 Å². The van der Waals surface area contributed by atoms with Crippen LogP contribution in [0.3, 0.4) is 0 Å². The van der Waals surface area contributed by atoms with Crippen LogP contribution < -0.4 is 17.2 Å². The van der Waals surface area contributed by atoms with Crippen LogP contribution >= 0.6 is 7.60 Å². The van der Waals surface area contributed by atoms with E-state index in [2.05, 4.69) is 19.9 Å². The number of nitrogens with zero attached hydrogens (tertiary/aromatic N) is 6. The third kappa shape index (κ3) is 7.04. The van der Waals surface area contributed by atoms with Crippen LogP contribution in [0.1, 0.15) is 6.23 Å². The van der Waals surface area contributed by atoms with Gasteiger partial charge in [-0.1, -0.05) is 0 Å². The molecule has 1 aliphatic heterocycles. The first-order valence-corrected chi connectivity index (χ1v) is 12.4. The number of aliphatic hydroxyl groups excluding tert-OH is 4. The molecule has 4 rings (SSSR count). The summed E-state index contributed by atoms with van der Waals surface area (Å²) in [6.45, 7) is -0.960. The number of anilines is 2. The van der Waals surface area contributed by atoms with Crippen LogP contribution in [0.5, 0.6) is 0 Å². The van der Waals surface area contributed by atoms with E-state index in [-0.39, 0.29) is 18.2 Å². The van der Waals surface area contributed by atoms with Crippen LogP contribution in [0.15, 0.2) is 29.7 Å². The Morgan fingerprint density at radius 3 is 2.49 bits per heavy atom. The number of nitrogen functional groups attached to an aromatic ring is 2. The molecule has 0 unspecified atom stereocenters. The Labute approximate surface area is 207 Å². The Morgan fingerprint density at radius 2 is 1.89 bits per heavy atom. The van der Waals surface area contributed by atoms with Crippen molar-refractivity contribution >= 4 is 30.4 Å². The second kappa shape index (κ2) is 12.0. The molecule has 0 aliphatic carbocycles. The molecule has 10 N–H and O–H groups in total. The average Bonchev–Trinajstić information content (AvgIpc) is 3.39. The van der Waals surface area contributed by atoms with Crippen LogP contribution in [-0.2, 0) is 20.6 Å². The Bertz CT molecular complexity index is 1300. The molecule has 0 aromatic carbocycles. The van der Waals surface area contributed by atoms with Crippen molar-refractivity contribution in [3.8, 4) is 0 Å². The highest BCUT2D eigenvalue weighted by atomic mass is 31.2. The highest BCUT2D eigenvalue weighted by Gasteiger charge is 2.44. The molecule has 4 heterocycles. The number of hydrogen-bond acceptors (Lipinski definition) is 14. The second-order valence-electron chi connectivity index (χ2n) is 7.86.